The van der Waals surface area contributed by atoms with E-state index in [1.807, 2.05) is 4.90 Å². The van der Waals surface area contributed by atoms with Crippen LogP contribution in [0.1, 0.15) is 46.8 Å². The van der Waals surface area contributed by atoms with Crippen LogP contribution in [0.5, 0.6) is 0 Å². The number of benzene rings is 1. The number of carbonyl (C=O) groups is 2. The Labute approximate surface area is 202 Å². The zero-order valence-corrected chi connectivity index (χ0v) is 20.0. The Morgan fingerprint density at radius 3 is 2.40 bits per heavy atom. The molecule has 0 saturated heterocycles. The Hall–Kier alpha value is -3.01. The van der Waals surface area contributed by atoms with Crippen LogP contribution in [0, 0.1) is 11.2 Å². The molecule has 35 heavy (non-hydrogen) atoms. The SMILES string of the molecule is CNC(=O)c1ccc(C[C@@H](CNC(=O)C[C@@H](c2ccccn2)C2(C(F)(F)F)CC2)N(C)C)cc1F. The monoisotopic (exact) mass is 494 g/mol. The fourth-order valence-electron chi connectivity index (χ4n) is 4.33. The Bertz CT molecular complexity index is 1040. The smallest absolute Gasteiger partial charge is 0.355 e. The van der Waals surface area contributed by atoms with Gasteiger partial charge in [-0.2, -0.15) is 13.2 Å². The second-order valence-corrected chi connectivity index (χ2v) is 9.18. The van der Waals surface area contributed by atoms with Crippen LogP contribution in [0.4, 0.5) is 17.6 Å². The summed E-state index contributed by atoms with van der Waals surface area (Å²) >= 11 is 0. The second-order valence-electron chi connectivity index (χ2n) is 9.18. The maximum absolute atomic E-state index is 14.3. The summed E-state index contributed by atoms with van der Waals surface area (Å²) in [5.41, 5.74) is -1.11. The van der Waals surface area contributed by atoms with Gasteiger partial charge in [0.2, 0.25) is 5.91 Å². The second kappa shape index (κ2) is 10.7. The average molecular weight is 495 g/mol. The van der Waals surface area contributed by atoms with Crippen molar-refractivity contribution in [1.82, 2.24) is 20.5 Å². The first-order chi connectivity index (χ1) is 16.5. The van der Waals surface area contributed by atoms with E-state index in [1.54, 1.807) is 32.3 Å². The zero-order chi connectivity index (χ0) is 25.8. The molecule has 1 heterocycles. The highest BCUT2D eigenvalue weighted by Gasteiger charge is 2.67. The summed E-state index contributed by atoms with van der Waals surface area (Å²) in [5, 5.41) is 5.13. The summed E-state index contributed by atoms with van der Waals surface area (Å²) in [7, 11) is 5.01. The third-order valence-electron chi connectivity index (χ3n) is 6.70. The molecule has 1 aromatic carbocycles. The van der Waals surface area contributed by atoms with Gasteiger partial charge in [0.1, 0.15) is 5.82 Å². The van der Waals surface area contributed by atoms with Crippen molar-refractivity contribution < 1.29 is 27.2 Å². The molecule has 3 rings (SSSR count). The summed E-state index contributed by atoms with van der Waals surface area (Å²) < 4.78 is 55.9. The number of alkyl halides is 3. The molecule has 1 fully saturated rings. The van der Waals surface area contributed by atoms with Gasteiger partial charge in [0.25, 0.3) is 5.91 Å². The van der Waals surface area contributed by atoms with Crippen molar-refractivity contribution in [3.63, 3.8) is 0 Å². The van der Waals surface area contributed by atoms with E-state index in [0.717, 1.165) is 0 Å². The molecule has 2 aromatic rings. The molecular weight excluding hydrogens is 464 g/mol. The van der Waals surface area contributed by atoms with Gasteiger partial charge in [-0.15, -0.1) is 0 Å². The van der Waals surface area contributed by atoms with Crippen LogP contribution in [-0.4, -0.2) is 61.6 Å². The average Bonchev–Trinajstić information content (AvgIpc) is 3.62. The van der Waals surface area contributed by atoms with Gasteiger partial charge in [0.05, 0.1) is 11.0 Å². The summed E-state index contributed by atoms with van der Waals surface area (Å²) in [5.74, 6) is -2.74. The minimum Gasteiger partial charge on any atom is -0.355 e. The molecule has 0 unspecified atom stereocenters. The number of nitrogens with one attached hydrogen (secondary N) is 2. The number of likely N-dealkylation sites (N-methyl/N-ethyl adjacent to an activating group) is 1. The normalized spacial score (nSPS) is 16.5. The van der Waals surface area contributed by atoms with E-state index >= 15 is 0 Å². The molecule has 0 radical (unpaired) electrons. The van der Waals surface area contributed by atoms with Gasteiger partial charge in [-0.3, -0.25) is 14.6 Å². The summed E-state index contributed by atoms with van der Waals surface area (Å²) in [4.78, 5) is 30.4. The molecule has 1 saturated carbocycles. The molecule has 2 atom stereocenters. The lowest BCUT2D eigenvalue weighted by Gasteiger charge is -2.29. The van der Waals surface area contributed by atoms with Crippen LogP contribution >= 0.6 is 0 Å². The Morgan fingerprint density at radius 2 is 1.89 bits per heavy atom. The lowest BCUT2D eigenvalue weighted by atomic mass is 9.82. The fourth-order valence-corrected chi connectivity index (χ4v) is 4.33. The van der Waals surface area contributed by atoms with E-state index in [9.17, 15) is 27.2 Å². The number of hydrogen-bond acceptors (Lipinski definition) is 4. The molecule has 0 spiro atoms. The number of halogens is 4. The summed E-state index contributed by atoms with van der Waals surface area (Å²) in [6.07, 6.45) is -3.00. The molecular formula is C25H30F4N4O2. The van der Waals surface area contributed by atoms with Gasteiger partial charge in [-0.1, -0.05) is 12.1 Å². The number of carbonyl (C=O) groups excluding carboxylic acids is 2. The van der Waals surface area contributed by atoms with Crippen LogP contribution in [-0.2, 0) is 11.2 Å². The third kappa shape index (κ3) is 6.17. The number of amides is 2. The fraction of sp³-hybridized carbons (Fsp3) is 0.480. The Balaban J connectivity index is 1.68. The lowest BCUT2D eigenvalue weighted by molar-refractivity contribution is -0.195. The van der Waals surface area contributed by atoms with Crippen molar-refractivity contribution in [1.29, 1.82) is 0 Å². The molecule has 1 aromatic heterocycles. The number of aromatic nitrogens is 1. The van der Waals surface area contributed by atoms with E-state index in [4.69, 9.17) is 0 Å². The molecule has 190 valence electrons. The number of pyridine rings is 1. The minimum atomic E-state index is -4.42. The van der Waals surface area contributed by atoms with Gasteiger partial charge in [-0.05, 0) is 63.2 Å². The molecule has 2 amide bonds. The van der Waals surface area contributed by atoms with Crippen molar-refractivity contribution in [2.45, 2.75) is 43.8 Å². The highest BCUT2D eigenvalue weighted by molar-refractivity contribution is 5.94. The summed E-state index contributed by atoms with van der Waals surface area (Å²) in [6.45, 7) is 0.165. The van der Waals surface area contributed by atoms with Crippen molar-refractivity contribution >= 4 is 11.8 Å². The van der Waals surface area contributed by atoms with E-state index in [1.165, 1.54) is 31.4 Å². The van der Waals surface area contributed by atoms with Crippen molar-refractivity contribution in [3.8, 4) is 0 Å². The quantitative estimate of drug-likeness (QED) is 0.495. The molecule has 1 aliphatic carbocycles. The maximum Gasteiger partial charge on any atom is 0.395 e. The first kappa shape index (κ1) is 26.6. The lowest BCUT2D eigenvalue weighted by Crippen LogP contribution is -2.43. The molecule has 0 aliphatic heterocycles. The van der Waals surface area contributed by atoms with Crippen molar-refractivity contribution in [2.24, 2.45) is 5.41 Å². The van der Waals surface area contributed by atoms with Gasteiger partial charge in [-0.25, -0.2) is 4.39 Å². The first-order valence-electron chi connectivity index (χ1n) is 11.4. The number of hydrogen-bond donors (Lipinski definition) is 2. The predicted molar refractivity (Wildman–Crippen MR) is 123 cm³/mol. The van der Waals surface area contributed by atoms with Gasteiger partial charge >= 0.3 is 6.18 Å². The van der Waals surface area contributed by atoms with E-state index < -0.39 is 35.1 Å². The first-order valence-corrected chi connectivity index (χ1v) is 11.4. The Kier molecular flexibility index (Phi) is 8.15. The minimum absolute atomic E-state index is 0.0248. The van der Waals surface area contributed by atoms with E-state index in [-0.39, 0.29) is 43.1 Å². The zero-order valence-electron chi connectivity index (χ0n) is 20.0. The van der Waals surface area contributed by atoms with Crippen molar-refractivity contribution in [2.75, 3.05) is 27.7 Å². The van der Waals surface area contributed by atoms with Gasteiger partial charge in [0, 0.05) is 43.9 Å². The van der Waals surface area contributed by atoms with E-state index in [2.05, 4.69) is 15.6 Å². The highest BCUT2D eigenvalue weighted by Crippen LogP contribution is 2.65. The number of rotatable bonds is 10. The van der Waals surface area contributed by atoms with Crippen LogP contribution in [0.25, 0.3) is 0 Å². The summed E-state index contributed by atoms with van der Waals surface area (Å²) in [6, 6.07) is 8.86. The van der Waals surface area contributed by atoms with E-state index in [0.29, 0.717) is 12.0 Å². The third-order valence-corrected chi connectivity index (χ3v) is 6.70. The predicted octanol–water partition coefficient (Wildman–Crippen LogP) is 3.69. The van der Waals surface area contributed by atoms with Crippen LogP contribution < -0.4 is 10.6 Å². The molecule has 0 bridgehead atoms. The molecule has 10 heteroatoms. The highest BCUT2D eigenvalue weighted by atomic mass is 19.4. The van der Waals surface area contributed by atoms with Gasteiger partial charge < -0.3 is 15.5 Å². The largest absolute Gasteiger partial charge is 0.395 e. The van der Waals surface area contributed by atoms with Crippen LogP contribution in [0.15, 0.2) is 42.6 Å². The van der Waals surface area contributed by atoms with Crippen LogP contribution in [0.2, 0.25) is 0 Å². The Morgan fingerprint density at radius 1 is 1.17 bits per heavy atom. The number of nitrogens with zero attached hydrogens (tertiary/aromatic N) is 2. The van der Waals surface area contributed by atoms with Crippen molar-refractivity contribution in [3.05, 3.63) is 65.2 Å². The van der Waals surface area contributed by atoms with Crippen LogP contribution in [0.3, 0.4) is 0 Å². The molecule has 6 nitrogen and oxygen atoms in total. The standard InChI is InChI=1S/C25H30F4N4O2/c1-30-23(35)18-8-7-16(13-20(18)26)12-17(33(2)3)15-32-22(34)14-19(21-6-4-5-11-31-21)24(9-10-24)25(27,28)29/h4-8,11,13,17,19H,9-10,12,14-15H2,1-3H3,(H,30,35)(H,32,34)/t17-,19-/m0/s1. The maximum atomic E-state index is 14.3. The van der Waals surface area contributed by atoms with Gasteiger partial charge in [0.15, 0.2) is 0 Å². The molecule has 1 aliphatic rings. The molecule has 2 N–H and O–H groups in total. The topological polar surface area (TPSA) is 74.3 Å².